The maximum absolute atomic E-state index is 12.6. The van der Waals surface area contributed by atoms with Crippen molar-refractivity contribution in [3.63, 3.8) is 0 Å². The fourth-order valence-corrected chi connectivity index (χ4v) is 3.52. The van der Waals surface area contributed by atoms with Crippen LogP contribution in [0.3, 0.4) is 0 Å². The predicted octanol–water partition coefficient (Wildman–Crippen LogP) is 2.97. The highest BCUT2D eigenvalue weighted by Gasteiger charge is 2.25. The van der Waals surface area contributed by atoms with E-state index in [4.69, 9.17) is 9.15 Å². The molecule has 1 aliphatic heterocycles. The van der Waals surface area contributed by atoms with Gasteiger partial charge < -0.3 is 14.1 Å². The summed E-state index contributed by atoms with van der Waals surface area (Å²) >= 11 is 0. The average Bonchev–Trinajstić information content (AvgIpc) is 3.04. The number of aryl methyl sites for hydroxylation is 1. The molecule has 4 rings (SSSR count). The van der Waals surface area contributed by atoms with Gasteiger partial charge in [-0.25, -0.2) is 4.79 Å². The van der Waals surface area contributed by atoms with Crippen molar-refractivity contribution < 1.29 is 13.9 Å². The van der Waals surface area contributed by atoms with E-state index in [0.717, 1.165) is 11.1 Å². The molecule has 1 fully saturated rings. The molecule has 1 saturated heterocycles. The summed E-state index contributed by atoms with van der Waals surface area (Å²) < 4.78 is 12.6. The number of para-hydroxylation sites is 2. The number of carbonyl (C=O) groups is 1. The Balaban J connectivity index is 1.35. The second-order valence-corrected chi connectivity index (χ2v) is 6.70. The number of ether oxygens (including phenoxy) is 1. The molecule has 0 radical (unpaired) electrons. The molecule has 0 unspecified atom stereocenters. The minimum absolute atomic E-state index is 0.0793. The summed E-state index contributed by atoms with van der Waals surface area (Å²) in [5, 5.41) is 0. The Morgan fingerprint density at radius 1 is 1.07 bits per heavy atom. The number of fused-ring (bicyclic) bond motifs is 1. The van der Waals surface area contributed by atoms with Crippen LogP contribution >= 0.6 is 0 Å². The number of benzene rings is 2. The van der Waals surface area contributed by atoms with Gasteiger partial charge in [0.1, 0.15) is 6.10 Å². The minimum Gasteiger partial charge on any atom is -0.408 e. The lowest BCUT2D eigenvalue weighted by Crippen LogP contribution is -2.42. The summed E-state index contributed by atoms with van der Waals surface area (Å²) in [6.45, 7) is 2.18. The number of amides is 1. The quantitative estimate of drug-likeness (QED) is 0.696. The van der Waals surface area contributed by atoms with Crippen LogP contribution in [0.1, 0.15) is 24.5 Å². The highest BCUT2D eigenvalue weighted by atomic mass is 16.5. The normalized spacial score (nSPS) is 17.3. The lowest BCUT2D eigenvalue weighted by atomic mass is 10.1. The number of oxazole rings is 1. The van der Waals surface area contributed by atoms with E-state index in [1.54, 1.807) is 10.6 Å². The van der Waals surface area contributed by atoms with Crippen LogP contribution in [0, 0.1) is 0 Å². The zero-order valence-corrected chi connectivity index (χ0v) is 15.0. The summed E-state index contributed by atoms with van der Waals surface area (Å²) in [4.78, 5) is 26.5. The van der Waals surface area contributed by atoms with Crippen LogP contribution < -0.4 is 5.76 Å². The molecule has 6 heteroatoms. The fourth-order valence-electron chi connectivity index (χ4n) is 3.52. The molecule has 1 atom stereocenters. The summed E-state index contributed by atoms with van der Waals surface area (Å²) in [7, 11) is 0. The van der Waals surface area contributed by atoms with Crippen LogP contribution in [-0.2, 0) is 16.1 Å². The van der Waals surface area contributed by atoms with Crippen molar-refractivity contribution in [2.45, 2.75) is 25.5 Å². The zero-order chi connectivity index (χ0) is 18.6. The van der Waals surface area contributed by atoms with E-state index >= 15 is 0 Å². The van der Waals surface area contributed by atoms with Gasteiger partial charge in [0.2, 0.25) is 5.91 Å². The van der Waals surface area contributed by atoms with Crippen molar-refractivity contribution >= 4 is 17.0 Å². The summed E-state index contributed by atoms with van der Waals surface area (Å²) in [6, 6.07) is 17.3. The lowest BCUT2D eigenvalue weighted by molar-refractivity contribution is -0.139. The maximum atomic E-state index is 12.6. The molecular weight excluding hydrogens is 344 g/mol. The fraction of sp³-hybridized carbons (Fsp3) is 0.333. The van der Waals surface area contributed by atoms with Gasteiger partial charge >= 0.3 is 5.76 Å². The summed E-state index contributed by atoms with van der Waals surface area (Å²) in [5.74, 6) is -0.278. The molecule has 0 N–H and O–H groups in total. The van der Waals surface area contributed by atoms with Crippen molar-refractivity contribution in [3.8, 4) is 0 Å². The van der Waals surface area contributed by atoms with Gasteiger partial charge in [-0.15, -0.1) is 0 Å². The first-order valence-corrected chi connectivity index (χ1v) is 9.25. The van der Waals surface area contributed by atoms with Crippen LogP contribution in [0.4, 0.5) is 0 Å². The molecule has 6 nitrogen and oxygen atoms in total. The van der Waals surface area contributed by atoms with Gasteiger partial charge in [0.25, 0.3) is 0 Å². The third-order valence-corrected chi connectivity index (χ3v) is 4.94. The van der Waals surface area contributed by atoms with E-state index in [-0.39, 0.29) is 17.8 Å². The minimum atomic E-state index is -0.376. The van der Waals surface area contributed by atoms with Crippen molar-refractivity contribution in [3.05, 3.63) is 70.7 Å². The number of nitrogens with zero attached hydrogens (tertiary/aromatic N) is 2. The van der Waals surface area contributed by atoms with Gasteiger partial charge in [0.15, 0.2) is 5.58 Å². The van der Waals surface area contributed by atoms with Crippen molar-refractivity contribution in [2.24, 2.45) is 0 Å². The second-order valence-electron chi connectivity index (χ2n) is 6.70. The smallest absolute Gasteiger partial charge is 0.408 e. The first-order chi connectivity index (χ1) is 13.2. The Kier molecular flexibility index (Phi) is 5.07. The Labute approximate surface area is 157 Å². The number of hydrogen-bond donors (Lipinski definition) is 0. The lowest BCUT2D eigenvalue weighted by Gasteiger charge is -2.33. The van der Waals surface area contributed by atoms with E-state index in [1.165, 1.54) is 0 Å². The standard InChI is InChI=1S/C21H22N2O4/c24-20(22-13-14-26-19(15-22)16-7-2-1-3-8-16)11-6-12-23-17-9-4-5-10-18(17)27-21(23)25/h1-5,7-10,19H,6,11-15H2/t19-/m1/s1. The first kappa shape index (κ1) is 17.5. The van der Waals surface area contributed by atoms with Crippen molar-refractivity contribution in [1.29, 1.82) is 0 Å². The molecule has 0 saturated carbocycles. The highest BCUT2D eigenvalue weighted by molar-refractivity contribution is 5.76. The first-order valence-electron chi connectivity index (χ1n) is 9.25. The predicted molar refractivity (Wildman–Crippen MR) is 101 cm³/mol. The highest BCUT2D eigenvalue weighted by Crippen LogP contribution is 2.22. The Morgan fingerprint density at radius 2 is 1.85 bits per heavy atom. The molecule has 0 aliphatic carbocycles. The molecule has 1 aliphatic rings. The van der Waals surface area contributed by atoms with Gasteiger partial charge in [0.05, 0.1) is 18.7 Å². The molecule has 0 spiro atoms. The van der Waals surface area contributed by atoms with Crippen LogP contribution in [-0.4, -0.2) is 35.1 Å². The van der Waals surface area contributed by atoms with Gasteiger partial charge in [-0.05, 0) is 24.1 Å². The molecule has 140 valence electrons. The third kappa shape index (κ3) is 3.80. The largest absolute Gasteiger partial charge is 0.419 e. The van der Waals surface area contributed by atoms with Crippen LogP contribution in [0.15, 0.2) is 63.8 Å². The SMILES string of the molecule is O=C(CCCn1c(=O)oc2ccccc21)N1CCO[C@@H](c2ccccc2)C1. The van der Waals surface area contributed by atoms with Gasteiger partial charge in [-0.1, -0.05) is 42.5 Å². The van der Waals surface area contributed by atoms with Gasteiger partial charge in [-0.3, -0.25) is 9.36 Å². The van der Waals surface area contributed by atoms with Crippen LogP contribution in [0.25, 0.3) is 11.1 Å². The summed E-state index contributed by atoms with van der Waals surface area (Å²) in [5.41, 5.74) is 2.43. The third-order valence-electron chi connectivity index (χ3n) is 4.94. The molecule has 27 heavy (non-hydrogen) atoms. The van der Waals surface area contributed by atoms with Crippen molar-refractivity contribution in [2.75, 3.05) is 19.7 Å². The van der Waals surface area contributed by atoms with Crippen LogP contribution in [0.2, 0.25) is 0 Å². The monoisotopic (exact) mass is 366 g/mol. The molecule has 0 bridgehead atoms. The Hall–Kier alpha value is -2.86. The molecule has 1 aromatic heterocycles. The second kappa shape index (κ2) is 7.80. The number of carbonyl (C=O) groups excluding carboxylic acids is 1. The topological polar surface area (TPSA) is 64.7 Å². The molecule has 1 amide bonds. The van der Waals surface area contributed by atoms with E-state index in [2.05, 4.69) is 0 Å². The van der Waals surface area contributed by atoms with E-state index in [0.29, 0.717) is 44.7 Å². The number of rotatable bonds is 5. The maximum Gasteiger partial charge on any atom is 0.419 e. The van der Waals surface area contributed by atoms with E-state index in [1.807, 2.05) is 53.4 Å². The van der Waals surface area contributed by atoms with E-state index < -0.39 is 0 Å². The Bertz CT molecular complexity index is 977. The molecule has 2 aromatic carbocycles. The van der Waals surface area contributed by atoms with E-state index in [9.17, 15) is 9.59 Å². The molecular formula is C21H22N2O4. The Morgan fingerprint density at radius 3 is 2.70 bits per heavy atom. The van der Waals surface area contributed by atoms with Crippen LogP contribution in [0.5, 0.6) is 0 Å². The number of hydrogen-bond acceptors (Lipinski definition) is 4. The molecule has 2 heterocycles. The van der Waals surface area contributed by atoms with Gasteiger partial charge in [-0.2, -0.15) is 0 Å². The average molecular weight is 366 g/mol. The van der Waals surface area contributed by atoms with Crippen molar-refractivity contribution in [1.82, 2.24) is 9.47 Å². The van der Waals surface area contributed by atoms with Gasteiger partial charge in [0, 0.05) is 19.5 Å². The summed E-state index contributed by atoms with van der Waals surface area (Å²) in [6.07, 6.45) is 0.910. The zero-order valence-electron chi connectivity index (χ0n) is 15.0. The number of morpholine rings is 1. The number of aromatic nitrogens is 1. The molecule has 3 aromatic rings.